The van der Waals surface area contributed by atoms with E-state index in [-0.39, 0.29) is 23.6 Å². The number of rotatable bonds is 8. The van der Waals surface area contributed by atoms with E-state index in [9.17, 15) is 24.8 Å². The molecule has 1 N–H and O–H groups in total. The molecule has 4 rings (SSSR count). The molecule has 31 heavy (non-hydrogen) atoms. The molecule has 1 aliphatic rings. The number of nitro benzene ring substituents is 1. The number of Topliss-reactive ketones (excluding diaryl/α,β-unsaturated/α-hetero) is 1. The Kier molecular flexibility index (Phi) is 5.35. The van der Waals surface area contributed by atoms with Gasteiger partial charge in [-0.3, -0.25) is 19.7 Å². The van der Waals surface area contributed by atoms with Crippen LogP contribution in [0.3, 0.4) is 0 Å². The first-order valence-corrected chi connectivity index (χ1v) is 9.49. The molecule has 0 fully saturated rings. The minimum absolute atomic E-state index is 0.0370. The van der Waals surface area contributed by atoms with E-state index in [2.05, 4.69) is 4.98 Å². The molecule has 10 heteroatoms. The molecule has 3 heterocycles. The van der Waals surface area contributed by atoms with Gasteiger partial charge in [0.15, 0.2) is 11.5 Å². The van der Waals surface area contributed by atoms with Gasteiger partial charge >= 0.3 is 0 Å². The molecular formula is C21H18N4O6. The quantitative estimate of drug-likeness (QED) is 0.335. The van der Waals surface area contributed by atoms with Crippen LogP contribution in [0.2, 0.25) is 0 Å². The van der Waals surface area contributed by atoms with Gasteiger partial charge in [-0.05, 0) is 24.1 Å². The fourth-order valence-electron chi connectivity index (χ4n) is 3.65. The van der Waals surface area contributed by atoms with Crippen molar-refractivity contribution < 1.29 is 24.0 Å². The van der Waals surface area contributed by atoms with Crippen LogP contribution in [0.15, 0.2) is 77.1 Å². The number of ketones is 1. The predicted molar refractivity (Wildman–Crippen MR) is 107 cm³/mol. The third kappa shape index (κ3) is 3.82. The fourth-order valence-corrected chi connectivity index (χ4v) is 3.65. The van der Waals surface area contributed by atoms with Gasteiger partial charge in [-0.1, -0.05) is 12.1 Å². The molecule has 2 aromatic heterocycles. The maximum atomic E-state index is 13.0. The number of aliphatic hydroxyl groups is 1. The summed E-state index contributed by atoms with van der Waals surface area (Å²) in [5, 5.41) is 21.8. The van der Waals surface area contributed by atoms with Crippen LogP contribution in [-0.2, 0) is 11.3 Å². The van der Waals surface area contributed by atoms with Gasteiger partial charge in [0.2, 0.25) is 5.78 Å². The Morgan fingerprint density at radius 1 is 1.26 bits per heavy atom. The largest absolute Gasteiger partial charge is 0.503 e. The Bertz CT molecular complexity index is 1150. The number of carbonyl (C=O) groups excluding carboxylic acids is 2. The second-order valence-corrected chi connectivity index (χ2v) is 6.98. The molecular weight excluding hydrogens is 404 g/mol. The number of amides is 1. The summed E-state index contributed by atoms with van der Waals surface area (Å²) in [5.41, 5.74) is 0.00622. The minimum atomic E-state index is -0.979. The molecule has 0 bridgehead atoms. The van der Waals surface area contributed by atoms with Gasteiger partial charge in [-0.25, -0.2) is 4.98 Å². The molecule has 1 amide bonds. The predicted octanol–water partition coefficient (Wildman–Crippen LogP) is 3.05. The Hall–Kier alpha value is -4.21. The number of aromatic nitrogens is 2. The SMILES string of the molecule is O=C(C1=C(O)C(=O)N(CCCn2ccnc2)[C@@H]1c1cccc([N+](=O)[O-])c1)c1ccco1. The molecule has 0 unspecified atom stereocenters. The van der Waals surface area contributed by atoms with Gasteiger partial charge < -0.3 is 19.0 Å². The van der Waals surface area contributed by atoms with Crippen molar-refractivity contribution in [2.45, 2.75) is 19.0 Å². The first-order valence-electron chi connectivity index (χ1n) is 9.49. The summed E-state index contributed by atoms with van der Waals surface area (Å²) in [7, 11) is 0. The maximum absolute atomic E-state index is 13.0. The highest BCUT2D eigenvalue weighted by atomic mass is 16.6. The van der Waals surface area contributed by atoms with Crippen molar-refractivity contribution in [1.29, 1.82) is 0 Å². The van der Waals surface area contributed by atoms with Gasteiger partial charge in [0.25, 0.3) is 11.6 Å². The summed E-state index contributed by atoms with van der Waals surface area (Å²) in [5.74, 6) is -2.08. The number of imidazole rings is 1. The summed E-state index contributed by atoms with van der Waals surface area (Å²) in [4.78, 5) is 41.9. The van der Waals surface area contributed by atoms with E-state index in [0.717, 1.165) is 0 Å². The standard InChI is InChI=1S/C21H18N4O6/c26-19(16-6-2-11-31-16)17-18(14-4-1-5-15(12-14)25(29)30)24(21(28)20(17)27)9-3-8-23-10-7-22-13-23/h1-2,4-7,10-13,18,27H,3,8-9H2/t18-/m1/s1. The zero-order chi connectivity index (χ0) is 22.0. The number of aryl methyl sites for hydroxylation is 1. The van der Waals surface area contributed by atoms with E-state index in [1.54, 1.807) is 24.8 Å². The third-order valence-electron chi connectivity index (χ3n) is 5.06. The van der Waals surface area contributed by atoms with Crippen molar-refractivity contribution in [2.75, 3.05) is 6.54 Å². The second-order valence-electron chi connectivity index (χ2n) is 6.98. The van der Waals surface area contributed by atoms with Crippen LogP contribution < -0.4 is 0 Å². The van der Waals surface area contributed by atoms with Gasteiger partial charge in [0, 0.05) is 37.6 Å². The Labute approximate surface area is 176 Å². The topological polar surface area (TPSA) is 132 Å². The number of carbonyl (C=O) groups is 2. The van der Waals surface area contributed by atoms with Crippen molar-refractivity contribution in [2.24, 2.45) is 0 Å². The van der Waals surface area contributed by atoms with E-state index in [0.29, 0.717) is 18.5 Å². The monoisotopic (exact) mass is 422 g/mol. The average Bonchev–Trinajstić information content (AvgIpc) is 3.52. The lowest BCUT2D eigenvalue weighted by molar-refractivity contribution is -0.384. The summed E-state index contributed by atoms with van der Waals surface area (Å²) < 4.78 is 7.00. The number of nitro groups is 1. The molecule has 3 aromatic rings. The summed E-state index contributed by atoms with van der Waals surface area (Å²) >= 11 is 0. The number of furan rings is 1. The number of non-ortho nitro benzene ring substituents is 1. The van der Waals surface area contributed by atoms with Crippen LogP contribution in [0, 0.1) is 10.1 Å². The molecule has 0 radical (unpaired) electrons. The molecule has 1 aromatic carbocycles. The molecule has 0 saturated heterocycles. The first kappa shape index (κ1) is 20.1. The van der Waals surface area contributed by atoms with E-state index < -0.39 is 28.4 Å². The van der Waals surface area contributed by atoms with Crippen molar-refractivity contribution in [3.63, 3.8) is 0 Å². The van der Waals surface area contributed by atoms with E-state index in [1.165, 1.54) is 41.5 Å². The minimum Gasteiger partial charge on any atom is -0.503 e. The highest BCUT2D eigenvalue weighted by Crippen LogP contribution is 2.40. The Balaban J connectivity index is 1.70. The Morgan fingerprint density at radius 2 is 2.10 bits per heavy atom. The normalized spacial score (nSPS) is 16.2. The van der Waals surface area contributed by atoms with Gasteiger partial charge in [-0.15, -0.1) is 0 Å². The van der Waals surface area contributed by atoms with Crippen LogP contribution in [-0.4, -0.2) is 42.7 Å². The maximum Gasteiger partial charge on any atom is 0.290 e. The lowest BCUT2D eigenvalue weighted by Crippen LogP contribution is -2.32. The van der Waals surface area contributed by atoms with Gasteiger partial charge in [0.05, 0.1) is 29.1 Å². The fraction of sp³-hybridized carbons (Fsp3) is 0.190. The van der Waals surface area contributed by atoms with Crippen molar-refractivity contribution in [3.8, 4) is 0 Å². The van der Waals surface area contributed by atoms with Crippen molar-refractivity contribution in [1.82, 2.24) is 14.5 Å². The molecule has 0 saturated carbocycles. The zero-order valence-electron chi connectivity index (χ0n) is 16.2. The summed E-state index contributed by atoms with van der Waals surface area (Å²) in [6.45, 7) is 0.775. The first-order chi connectivity index (χ1) is 15.0. The van der Waals surface area contributed by atoms with Crippen LogP contribution in [0.5, 0.6) is 0 Å². The smallest absolute Gasteiger partial charge is 0.290 e. The number of aliphatic hydroxyl groups excluding tert-OH is 1. The highest BCUT2D eigenvalue weighted by molar-refractivity contribution is 6.15. The molecule has 158 valence electrons. The molecule has 1 atom stereocenters. The van der Waals surface area contributed by atoms with E-state index in [4.69, 9.17) is 4.42 Å². The number of hydrogen-bond acceptors (Lipinski definition) is 7. The van der Waals surface area contributed by atoms with Crippen molar-refractivity contribution >= 4 is 17.4 Å². The van der Waals surface area contributed by atoms with Gasteiger partial charge in [-0.2, -0.15) is 0 Å². The van der Waals surface area contributed by atoms with Crippen LogP contribution in [0.4, 0.5) is 5.69 Å². The number of nitrogens with zero attached hydrogens (tertiary/aromatic N) is 4. The lowest BCUT2D eigenvalue weighted by Gasteiger charge is -2.26. The van der Waals surface area contributed by atoms with Crippen LogP contribution >= 0.6 is 0 Å². The zero-order valence-corrected chi connectivity index (χ0v) is 16.2. The number of benzene rings is 1. The van der Waals surface area contributed by atoms with E-state index >= 15 is 0 Å². The molecule has 0 aliphatic carbocycles. The van der Waals surface area contributed by atoms with E-state index in [1.807, 2.05) is 4.57 Å². The highest BCUT2D eigenvalue weighted by Gasteiger charge is 2.44. The van der Waals surface area contributed by atoms with Crippen LogP contribution in [0.1, 0.15) is 28.6 Å². The molecule has 10 nitrogen and oxygen atoms in total. The van der Waals surface area contributed by atoms with Crippen molar-refractivity contribution in [3.05, 3.63) is 94.2 Å². The Morgan fingerprint density at radius 3 is 2.77 bits per heavy atom. The average molecular weight is 422 g/mol. The number of hydrogen-bond donors (Lipinski definition) is 1. The second kappa shape index (κ2) is 8.27. The van der Waals surface area contributed by atoms with Gasteiger partial charge in [0.1, 0.15) is 0 Å². The van der Waals surface area contributed by atoms with Crippen LogP contribution in [0.25, 0.3) is 0 Å². The molecule has 0 spiro atoms. The summed E-state index contributed by atoms with van der Waals surface area (Å²) in [6.07, 6.45) is 6.90. The third-order valence-corrected chi connectivity index (χ3v) is 5.06. The molecule has 1 aliphatic heterocycles. The summed E-state index contributed by atoms with van der Waals surface area (Å²) in [6, 6.07) is 7.66. The lowest BCUT2D eigenvalue weighted by atomic mass is 9.94.